The van der Waals surface area contributed by atoms with Gasteiger partial charge in [-0.25, -0.2) is 0 Å². The van der Waals surface area contributed by atoms with Gasteiger partial charge in [0.05, 0.1) is 11.0 Å². The van der Waals surface area contributed by atoms with Crippen LogP contribution in [0.3, 0.4) is 0 Å². The molecule has 0 aliphatic rings. The van der Waals surface area contributed by atoms with E-state index >= 15 is 0 Å². The molecule has 1 atom stereocenters. The predicted octanol–water partition coefficient (Wildman–Crippen LogP) is 5.62. The van der Waals surface area contributed by atoms with Crippen molar-refractivity contribution in [2.75, 3.05) is 0 Å². The van der Waals surface area contributed by atoms with E-state index in [1.165, 1.54) is 0 Å². The fourth-order valence-corrected chi connectivity index (χ4v) is 3.93. The van der Waals surface area contributed by atoms with Crippen LogP contribution in [-0.4, -0.2) is 19.3 Å². The molecule has 4 nitrogen and oxygen atoms in total. The summed E-state index contributed by atoms with van der Waals surface area (Å²) in [5, 5.41) is 11.5. The Hall–Kier alpha value is -1.11. The van der Waals surface area contributed by atoms with E-state index in [1.54, 1.807) is 6.08 Å². The van der Waals surface area contributed by atoms with Crippen molar-refractivity contribution >= 4 is 20.1 Å². The summed E-state index contributed by atoms with van der Waals surface area (Å²) in [6.45, 7) is 14.6. The number of hydrogen-bond donors (Lipinski definition) is 0. The molecular formula is C17H27NO3SSi. The standard InChI is InChI=1S/C17H27NO3SSi/c1-13-8-10-15(11-9-13)22-16(18(19)20)12-14(2)21-23(6,7)17(3,4)5/h8-12,14H,1-7H3/b16-12-/t14-/m0/s1. The molecule has 0 heterocycles. The van der Waals surface area contributed by atoms with Gasteiger partial charge >= 0.3 is 5.03 Å². The Morgan fingerprint density at radius 1 is 1.30 bits per heavy atom. The molecular weight excluding hydrogens is 326 g/mol. The van der Waals surface area contributed by atoms with Crippen LogP contribution in [-0.2, 0) is 4.43 Å². The number of benzene rings is 1. The summed E-state index contributed by atoms with van der Waals surface area (Å²) in [7, 11) is -1.95. The van der Waals surface area contributed by atoms with Gasteiger partial charge in [-0.15, -0.1) is 0 Å². The van der Waals surface area contributed by atoms with Gasteiger partial charge in [0.15, 0.2) is 8.32 Å². The van der Waals surface area contributed by atoms with E-state index in [0.29, 0.717) is 0 Å². The number of thioether (sulfide) groups is 1. The lowest BCUT2D eigenvalue weighted by atomic mass is 10.2. The van der Waals surface area contributed by atoms with Gasteiger partial charge in [-0.1, -0.05) is 38.5 Å². The highest BCUT2D eigenvalue weighted by Gasteiger charge is 2.38. The van der Waals surface area contributed by atoms with E-state index in [4.69, 9.17) is 4.43 Å². The molecule has 0 bridgehead atoms. The van der Waals surface area contributed by atoms with Crippen molar-refractivity contribution in [1.82, 2.24) is 0 Å². The van der Waals surface area contributed by atoms with E-state index in [2.05, 4.69) is 33.9 Å². The van der Waals surface area contributed by atoms with Crippen LogP contribution in [0.1, 0.15) is 33.3 Å². The van der Waals surface area contributed by atoms with Crippen LogP contribution in [0, 0.1) is 17.0 Å². The van der Waals surface area contributed by atoms with Crippen LogP contribution >= 0.6 is 11.8 Å². The quantitative estimate of drug-likeness (QED) is 0.288. The Morgan fingerprint density at radius 3 is 2.26 bits per heavy atom. The first kappa shape index (κ1) is 19.9. The monoisotopic (exact) mass is 353 g/mol. The molecule has 0 saturated heterocycles. The number of hydrogen-bond acceptors (Lipinski definition) is 4. The third-order valence-corrected chi connectivity index (χ3v) is 9.66. The van der Waals surface area contributed by atoms with Crippen molar-refractivity contribution in [1.29, 1.82) is 0 Å². The summed E-state index contributed by atoms with van der Waals surface area (Å²) in [5.74, 6) is 0. The maximum Gasteiger partial charge on any atom is 0.306 e. The van der Waals surface area contributed by atoms with E-state index in [-0.39, 0.29) is 21.1 Å². The summed E-state index contributed by atoms with van der Waals surface area (Å²) >= 11 is 1.16. The minimum Gasteiger partial charge on any atom is -0.411 e. The second-order valence-corrected chi connectivity index (χ2v) is 13.1. The molecule has 0 aliphatic heterocycles. The first-order valence-corrected chi connectivity index (χ1v) is 11.4. The number of nitro groups is 1. The molecule has 1 aromatic carbocycles. The molecule has 0 N–H and O–H groups in total. The summed E-state index contributed by atoms with van der Waals surface area (Å²) in [4.78, 5) is 11.9. The van der Waals surface area contributed by atoms with Gasteiger partial charge < -0.3 is 4.43 Å². The van der Waals surface area contributed by atoms with Crippen LogP contribution < -0.4 is 0 Å². The minimum atomic E-state index is -1.95. The zero-order valence-corrected chi connectivity index (χ0v) is 16.9. The highest BCUT2D eigenvalue weighted by molar-refractivity contribution is 8.02. The highest BCUT2D eigenvalue weighted by Crippen LogP contribution is 2.38. The summed E-state index contributed by atoms with van der Waals surface area (Å²) in [5.41, 5.74) is 1.13. The maximum atomic E-state index is 11.3. The lowest BCUT2D eigenvalue weighted by Gasteiger charge is -2.37. The Bertz CT molecular complexity index is 576. The molecule has 0 radical (unpaired) electrons. The normalized spacial score (nSPS) is 14.7. The van der Waals surface area contributed by atoms with Crippen molar-refractivity contribution in [2.24, 2.45) is 0 Å². The van der Waals surface area contributed by atoms with Crippen LogP contribution in [0.25, 0.3) is 0 Å². The molecule has 6 heteroatoms. The molecule has 0 saturated carbocycles. The van der Waals surface area contributed by atoms with Crippen LogP contribution in [0.4, 0.5) is 0 Å². The molecule has 0 spiro atoms. The van der Waals surface area contributed by atoms with E-state index in [0.717, 1.165) is 22.2 Å². The SMILES string of the molecule is Cc1ccc(S/C(=C\[C@H](C)O[Si](C)(C)C(C)(C)C)[N+](=O)[O-])cc1. The highest BCUT2D eigenvalue weighted by atomic mass is 32.2. The molecule has 0 fully saturated rings. The molecule has 0 aliphatic carbocycles. The second kappa shape index (κ2) is 7.64. The van der Waals surface area contributed by atoms with Crippen molar-refractivity contribution < 1.29 is 9.35 Å². The summed E-state index contributed by atoms with van der Waals surface area (Å²) in [6, 6.07) is 7.71. The average Bonchev–Trinajstić information content (AvgIpc) is 2.38. The second-order valence-electron chi connectivity index (χ2n) is 7.26. The van der Waals surface area contributed by atoms with Crippen LogP contribution in [0.15, 0.2) is 40.3 Å². The fraction of sp³-hybridized carbons (Fsp3) is 0.529. The Labute approximate surface area is 144 Å². The van der Waals surface area contributed by atoms with Crippen LogP contribution in [0.5, 0.6) is 0 Å². The third kappa shape index (κ3) is 6.12. The first-order chi connectivity index (χ1) is 10.4. The number of rotatable bonds is 6. The summed E-state index contributed by atoms with van der Waals surface area (Å²) in [6.07, 6.45) is 1.33. The van der Waals surface area contributed by atoms with Crippen molar-refractivity contribution in [2.45, 2.75) is 63.8 Å². The van der Waals surface area contributed by atoms with Gasteiger partial charge in [-0.05, 0) is 55.9 Å². The Morgan fingerprint density at radius 2 is 1.83 bits per heavy atom. The average molecular weight is 354 g/mol. The molecule has 128 valence electrons. The zero-order valence-electron chi connectivity index (χ0n) is 15.0. The van der Waals surface area contributed by atoms with Gasteiger partial charge in [-0.2, -0.15) is 0 Å². The molecule has 0 amide bonds. The van der Waals surface area contributed by atoms with Gasteiger partial charge in [0.2, 0.25) is 0 Å². The van der Waals surface area contributed by atoms with Crippen molar-refractivity contribution in [3.8, 4) is 0 Å². The smallest absolute Gasteiger partial charge is 0.306 e. The van der Waals surface area contributed by atoms with Crippen molar-refractivity contribution in [3.63, 3.8) is 0 Å². The molecule has 1 aromatic rings. The van der Waals surface area contributed by atoms with E-state index in [1.807, 2.05) is 38.1 Å². The lowest BCUT2D eigenvalue weighted by molar-refractivity contribution is -0.410. The molecule has 1 rings (SSSR count). The lowest BCUT2D eigenvalue weighted by Crippen LogP contribution is -2.43. The Kier molecular flexibility index (Phi) is 6.62. The fourth-order valence-electron chi connectivity index (χ4n) is 1.74. The number of nitrogens with zero attached hydrogens (tertiary/aromatic N) is 1. The maximum absolute atomic E-state index is 11.3. The minimum absolute atomic E-state index is 0.0774. The van der Waals surface area contributed by atoms with Crippen molar-refractivity contribution in [3.05, 3.63) is 51.0 Å². The zero-order chi connectivity index (χ0) is 17.8. The molecule has 0 aromatic heterocycles. The first-order valence-electron chi connectivity index (χ1n) is 7.71. The summed E-state index contributed by atoms with van der Waals surface area (Å²) < 4.78 is 6.18. The van der Waals surface area contributed by atoms with Gasteiger partial charge in [0, 0.05) is 11.0 Å². The predicted molar refractivity (Wildman–Crippen MR) is 99.9 cm³/mol. The van der Waals surface area contributed by atoms with E-state index < -0.39 is 8.32 Å². The topological polar surface area (TPSA) is 52.4 Å². The largest absolute Gasteiger partial charge is 0.411 e. The molecule has 23 heavy (non-hydrogen) atoms. The van der Waals surface area contributed by atoms with Gasteiger partial charge in [0.1, 0.15) is 0 Å². The third-order valence-electron chi connectivity index (χ3n) is 4.09. The van der Waals surface area contributed by atoms with Crippen LogP contribution in [0.2, 0.25) is 18.1 Å². The Balaban J connectivity index is 2.90. The van der Waals surface area contributed by atoms with E-state index in [9.17, 15) is 10.1 Å². The number of aryl methyl sites for hydroxylation is 1. The van der Waals surface area contributed by atoms with Gasteiger partial charge in [-0.3, -0.25) is 10.1 Å². The molecule has 0 unspecified atom stereocenters. The van der Waals surface area contributed by atoms with Gasteiger partial charge in [0.25, 0.3) is 0 Å².